The van der Waals surface area contributed by atoms with Gasteiger partial charge in [-0.1, -0.05) is 19.3 Å². The van der Waals surface area contributed by atoms with E-state index in [2.05, 4.69) is 41.5 Å². The van der Waals surface area contributed by atoms with E-state index >= 15 is 0 Å². The summed E-state index contributed by atoms with van der Waals surface area (Å²) in [6.07, 6.45) is 4.79. The number of nitrogens with zero attached hydrogens (tertiary/aromatic N) is 8. The summed E-state index contributed by atoms with van der Waals surface area (Å²) in [7, 11) is 1.97. The summed E-state index contributed by atoms with van der Waals surface area (Å²) in [5.41, 5.74) is 3.03. The highest BCUT2D eigenvalue weighted by molar-refractivity contribution is 6.64. The van der Waals surface area contributed by atoms with Gasteiger partial charge in [0.15, 0.2) is 5.82 Å². The molecular weight excluding hydrogens is 463 g/mol. The Morgan fingerprint density at radius 3 is 2.81 bits per heavy atom. The first-order chi connectivity index (χ1) is 17.8. The number of carbonyl (C=O) groups is 1. The Kier molecular flexibility index (Phi) is 6.71. The van der Waals surface area contributed by atoms with Crippen molar-refractivity contribution in [1.29, 1.82) is 5.26 Å². The van der Waals surface area contributed by atoms with Gasteiger partial charge in [0.05, 0.1) is 12.1 Å². The summed E-state index contributed by atoms with van der Waals surface area (Å²) in [6.45, 7) is 8.44. The van der Waals surface area contributed by atoms with Crippen molar-refractivity contribution in [2.24, 2.45) is 0 Å². The lowest BCUT2D eigenvalue weighted by Gasteiger charge is -2.24. The molecule has 0 aliphatic carbocycles. The van der Waals surface area contributed by atoms with Crippen molar-refractivity contribution in [2.75, 3.05) is 16.8 Å². The molecule has 0 fully saturated rings. The summed E-state index contributed by atoms with van der Waals surface area (Å²) in [4.78, 5) is 27.3. The predicted octanol–water partition coefficient (Wildman–Crippen LogP) is 4.30. The van der Waals surface area contributed by atoms with E-state index in [4.69, 9.17) is 9.97 Å². The Bertz CT molecular complexity index is 1380. The Labute approximate surface area is 218 Å². The number of carbonyl (C=O) groups excluding carboxylic acids is 1. The van der Waals surface area contributed by atoms with E-state index in [0.29, 0.717) is 36.0 Å². The van der Waals surface area contributed by atoms with E-state index < -0.39 is 0 Å². The normalized spacial score (nSPS) is 16.8. The number of amides is 1. The van der Waals surface area contributed by atoms with Gasteiger partial charge in [-0.2, -0.15) is 0 Å². The molecule has 190 valence electrons. The summed E-state index contributed by atoms with van der Waals surface area (Å²) in [5, 5.41) is 18.4. The zero-order valence-corrected chi connectivity index (χ0v) is 22.3. The largest absolute Gasteiger partial charge is 0.357 e. The first kappa shape index (κ1) is 24.9. The van der Waals surface area contributed by atoms with Crippen LogP contribution in [0.15, 0.2) is 24.3 Å². The zero-order valence-electron chi connectivity index (χ0n) is 22.3. The van der Waals surface area contributed by atoms with Crippen LogP contribution >= 0.6 is 0 Å². The SMILES string of the molecule is CB(C#N)Cc1nc(N(C)C(C)C)cc2c1CN(c1cccc(-c3nnc4n3C(C)CCCC4)n1)C2=O. The first-order valence-corrected chi connectivity index (χ1v) is 13.2. The van der Waals surface area contributed by atoms with Crippen LogP contribution in [-0.2, 0) is 19.3 Å². The highest BCUT2D eigenvalue weighted by atomic mass is 16.2. The summed E-state index contributed by atoms with van der Waals surface area (Å²) >= 11 is 0. The lowest BCUT2D eigenvalue weighted by atomic mass is 9.50. The molecule has 1 amide bonds. The number of hydrogen-bond acceptors (Lipinski definition) is 7. The molecule has 0 aromatic carbocycles. The number of rotatable bonds is 6. The molecule has 0 radical (unpaired) electrons. The van der Waals surface area contributed by atoms with Crippen molar-refractivity contribution >= 4 is 24.3 Å². The molecule has 0 saturated heterocycles. The molecule has 0 spiro atoms. The van der Waals surface area contributed by atoms with Crippen molar-refractivity contribution in [2.45, 2.75) is 78.2 Å². The molecule has 9 nitrogen and oxygen atoms in total. The molecule has 2 aliphatic heterocycles. The van der Waals surface area contributed by atoms with E-state index in [1.807, 2.05) is 43.0 Å². The van der Waals surface area contributed by atoms with Crippen LogP contribution in [-0.4, -0.2) is 50.4 Å². The topological polar surface area (TPSA) is 104 Å². The Balaban J connectivity index is 1.52. The first-order valence-electron chi connectivity index (χ1n) is 13.2. The maximum atomic E-state index is 13.7. The van der Waals surface area contributed by atoms with Gasteiger partial charge in [0.1, 0.15) is 23.2 Å². The third-order valence-corrected chi connectivity index (χ3v) is 7.56. The van der Waals surface area contributed by atoms with Gasteiger partial charge in [0, 0.05) is 42.8 Å². The minimum atomic E-state index is -0.202. The molecule has 3 aromatic rings. The quantitative estimate of drug-likeness (QED) is 0.469. The molecule has 1 unspecified atom stereocenters. The fourth-order valence-electron chi connectivity index (χ4n) is 5.17. The minimum Gasteiger partial charge on any atom is -0.357 e. The van der Waals surface area contributed by atoms with E-state index in [0.717, 1.165) is 48.0 Å². The molecule has 37 heavy (non-hydrogen) atoms. The van der Waals surface area contributed by atoms with Gasteiger partial charge in [0.25, 0.3) is 12.6 Å². The van der Waals surface area contributed by atoms with Crippen LogP contribution in [0.5, 0.6) is 0 Å². The van der Waals surface area contributed by atoms with Gasteiger partial charge >= 0.3 is 0 Å². The van der Waals surface area contributed by atoms with E-state index in [-0.39, 0.29) is 18.7 Å². The molecular formula is C27H33BN8O. The number of anilines is 2. The average Bonchev–Trinajstić information content (AvgIpc) is 3.41. The highest BCUT2D eigenvalue weighted by Gasteiger charge is 2.34. The second kappa shape index (κ2) is 9.96. The van der Waals surface area contributed by atoms with Crippen LogP contribution in [0.4, 0.5) is 11.6 Å². The summed E-state index contributed by atoms with van der Waals surface area (Å²) < 4.78 is 2.21. The van der Waals surface area contributed by atoms with Crippen LogP contribution in [0.25, 0.3) is 11.5 Å². The van der Waals surface area contributed by atoms with E-state index in [1.54, 1.807) is 4.90 Å². The Morgan fingerprint density at radius 1 is 1.24 bits per heavy atom. The predicted molar refractivity (Wildman–Crippen MR) is 145 cm³/mol. The second-order valence-electron chi connectivity index (χ2n) is 10.6. The van der Waals surface area contributed by atoms with Crippen LogP contribution in [0, 0.1) is 11.2 Å². The van der Waals surface area contributed by atoms with E-state index in [1.165, 1.54) is 6.42 Å². The van der Waals surface area contributed by atoms with Crippen molar-refractivity contribution in [3.63, 3.8) is 0 Å². The molecule has 3 aromatic heterocycles. The smallest absolute Gasteiger partial charge is 0.270 e. The van der Waals surface area contributed by atoms with Gasteiger partial charge in [-0.05, 0) is 58.1 Å². The number of aromatic nitrogens is 5. The third-order valence-electron chi connectivity index (χ3n) is 7.56. The molecule has 0 N–H and O–H groups in total. The fourth-order valence-corrected chi connectivity index (χ4v) is 5.17. The highest BCUT2D eigenvalue weighted by Crippen LogP contribution is 2.34. The summed E-state index contributed by atoms with van der Waals surface area (Å²) in [5.74, 6) is 5.28. The molecule has 5 rings (SSSR count). The van der Waals surface area contributed by atoms with Crippen molar-refractivity contribution in [3.8, 4) is 17.5 Å². The fraction of sp³-hybridized carbons (Fsp3) is 0.481. The van der Waals surface area contributed by atoms with Gasteiger partial charge in [-0.25, -0.2) is 15.2 Å². The number of aryl methyl sites for hydroxylation is 1. The molecule has 5 heterocycles. The van der Waals surface area contributed by atoms with Crippen LogP contribution in [0.1, 0.15) is 73.5 Å². The molecule has 10 heteroatoms. The monoisotopic (exact) mass is 496 g/mol. The number of fused-ring (bicyclic) bond motifs is 2. The average molecular weight is 496 g/mol. The van der Waals surface area contributed by atoms with Crippen LogP contribution in [0.2, 0.25) is 6.82 Å². The van der Waals surface area contributed by atoms with Gasteiger partial charge in [-0.3, -0.25) is 9.69 Å². The lowest BCUT2D eigenvalue weighted by Crippen LogP contribution is -2.27. The van der Waals surface area contributed by atoms with Crippen LogP contribution in [0.3, 0.4) is 0 Å². The van der Waals surface area contributed by atoms with E-state index in [9.17, 15) is 10.1 Å². The molecule has 1 atom stereocenters. The Hall–Kier alpha value is -3.74. The van der Waals surface area contributed by atoms with Crippen molar-refractivity contribution < 1.29 is 4.79 Å². The second-order valence-corrected chi connectivity index (χ2v) is 10.6. The maximum Gasteiger partial charge on any atom is 0.270 e. The zero-order chi connectivity index (χ0) is 26.3. The maximum absolute atomic E-state index is 13.7. The standard InChI is InChI=1S/C27H33BN8O/c1-17(2)34(5)25-13-19-20(22(31-25)14-28(4)16-29)15-35(27(19)37)23-12-8-10-21(30-23)26-33-32-24-11-7-6-9-18(3)36(24)26/h8,10,12-13,17-18H,6-7,9,11,14-15H2,1-5H3. The number of pyridine rings is 2. The van der Waals surface area contributed by atoms with Crippen molar-refractivity contribution in [1.82, 2.24) is 24.7 Å². The third kappa shape index (κ3) is 4.59. The number of nitriles is 1. The molecule has 0 saturated carbocycles. The van der Waals surface area contributed by atoms with Gasteiger partial charge in [0.2, 0.25) is 0 Å². The minimum absolute atomic E-state index is 0.0974. The summed E-state index contributed by atoms with van der Waals surface area (Å²) in [6, 6.07) is 8.12. The lowest BCUT2D eigenvalue weighted by molar-refractivity contribution is 0.0996. The number of hydrogen-bond donors (Lipinski definition) is 0. The van der Waals surface area contributed by atoms with Gasteiger partial charge in [-0.15, -0.1) is 10.2 Å². The van der Waals surface area contributed by atoms with Crippen LogP contribution < -0.4 is 9.80 Å². The Morgan fingerprint density at radius 2 is 2.05 bits per heavy atom. The molecule has 0 bridgehead atoms. The van der Waals surface area contributed by atoms with Gasteiger partial charge < -0.3 is 9.47 Å². The van der Waals surface area contributed by atoms with Crippen molar-refractivity contribution in [3.05, 3.63) is 46.9 Å². The molecule has 2 aliphatic rings.